The zero-order valence-corrected chi connectivity index (χ0v) is 14.8. The van der Waals surface area contributed by atoms with E-state index in [9.17, 15) is 18.3 Å². The number of nitrogens with one attached hydrogen (secondary N) is 1. The van der Waals surface area contributed by atoms with Crippen molar-refractivity contribution in [3.63, 3.8) is 0 Å². The van der Waals surface area contributed by atoms with Crippen molar-refractivity contribution < 1.29 is 18.3 Å². The average Bonchev–Trinajstić information content (AvgIpc) is 2.62. The number of hydrogen-bond donors (Lipinski definition) is 2. The second kappa shape index (κ2) is 7.01. The van der Waals surface area contributed by atoms with Crippen molar-refractivity contribution in [3.05, 3.63) is 83.9 Å². The van der Waals surface area contributed by atoms with Crippen LogP contribution in [-0.4, -0.2) is 19.5 Å². The van der Waals surface area contributed by atoms with E-state index in [4.69, 9.17) is 0 Å². The number of aromatic carboxylic acids is 1. The van der Waals surface area contributed by atoms with Gasteiger partial charge in [-0.05, 0) is 36.2 Å². The monoisotopic (exact) mass is 367 g/mol. The number of sulfonamides is 1. The Kier molecular flexibility index (Phi) is 4.77. The number of hydrogen-bond acceptors (Lipinski definition) is 3. The van der Waals surface area contributed by atoms with Gasteiger partial charge in [-0.15, -0.1) is 0 Å². The van der Waals surface area contributed by atoms with Crippen molar-refractivity contribution in [2.75, 3.05) is 4.72 Å². The molecule has 0 amide bonds. The summed E-state index contributed by atoms with van der Waals surface area (Å²) in [7, 11) is -3.90. The van der Waals surface area contributed by atoms with Crippen molar-refractivity contribution in [1.82, 2.24) is 0 Å². The lowest BCUT2D eigenvalue weighted by atomic mass is 9.98. The summed E-state index contributed by atoms with van der Waals surface area (Å²) in [6, 6.07) is 20.0. The summed E-state index contributed by atoms with van der Waals surface area (Å²) < 4.78 is 27.7. The molecule has 0 spiro atoms. The number of benzene rings is 3. The fourth-order valence-electron chi connectivity index (χ4n) is 2.65. The summed E-state index contributed by atoms with van der Waals surface area (Å²) in [6.07, 6.45) is 0. The van der Waals surface area contributed by atoms with Crippen molar-refractivity contribution in [1.29, 1.82) is 0 Å². The van der Waals surface area contributed by atoms with Crippen LogP contribution >= 0.6 is 0 Å². The minimum atomic E-state index is -3.90. The minimum absolute atomic E-state index is 0.0272. The molecule has 0 aliphatic carbocycles. The van der Waals surface area contributed by atoms with Crippen LogP contribution in [0, 0.1) is 6.92 Å². The summed E-state index contributed by atoms with van der Waals surface area (Å²) in [5, 5.41) is 9.68. The molecule has 3 aromatic rings. The molecule has 132 valence electrons. The maximum absolute atomic E-state index is 12.6. The number of rotatable bonds is 5. The second-order valence-electron chi connectivity index (χ2n) is 5.82. The minimum Gasteiger partial charge on any atom is -0.478 e. The zero-order chi connectivity index (χ0) is 18.7. The van der Waals surface area contributed by atoms with Crippen LogP contribution < -0.4 is 4.72 Å². The Morgan fingerprint density at radius 2 is 1.54 bits per heavy atom. The first-order valence-corrected chi connectivity index (χ1v) is 9.38. The van der Waals surface area contributed by atoms with Crippen LogP contribution in [0.2, 0.25) is 0 Å². The largest absolute Gasteiger partial charge is 0.478 e. The predicted molar refractivity (Wildman–Crippen MR) is 101 cm³/mol. The van der Waals surface area contributed by atoms with Gasteiger partial charge in [-0.2, -0.15) is 0 Å². The fraction of sp³-hybridized carbons (Fsp3) is 0.0500. The highest BCUT2D eigenvalue weighted by Crippen LogP contribution is 2.30. The van der Waals surface area contributed by atoms with Crippen LogP contribution in [0.3, 0.4) is 0 Å². The first kappa shape index (κ1) is 17.7. The summed E-state index contributed by atoms with van der Waals surface area (Å²) in [5.74, 6) is -1.20. The quantitative estimate of drug-likeness (QED) is 0.709. The normalized spacial score (nSPS) is 11.1. The van der Waals surface area contributed by atoms with E-state index >= 15 is 0 Å². The van der Waals surface area contributed by atoms with Crippen LogP contribution in [0.1, 0.15) is 15.9 Å². The van der Waals surface area contributed by atoms with Crippen molar-refractivity contribution in [2.45, 2.75) is 11.8 Å². The number of anilines is 1. The van der Waals surface area contributed by atoms with Crippen LogP contribution in [0.4, 0.5) is 5.69 Å². The number of aryl methyl sites for hydroxylation is 1. The highest BCUT2D eigenvalue weighted by Gasteiger charge is 2.21. The molecular weight excluding hydrogens is 350 g/mol. The van der Waals surface area contributed by atoms with Gasteiger partial charge in [0.1, 0.15) is 0 Å². The molecule has 0 aromatic heterocycles. The molecule has 0 fully saturated rings. The molecule has 0 heterocycles. The van der Waals surface area contributed by atoms with E-state index in [1.54, 1.807) is 48.5 Å². The molecule has 0 saturated carbocycles. The number of carboxylic acids is 1. The lowest BCUT2D eigenvalue weighted by Crippen LogP contribution is -2.16. The molecule has 2 N–H and O–H groups in total. The van der Waals surface area contributed by atoms with Crippen molar-refractivity contribution >= 4 is 21.7 Å². The molecule has 3 rings (SSSR count). The van der Waals surface area contributed by atoms with Crippen molar-refractivity contribution in [3.8, 4) is 11.1 Å². The summed E-state index contributed by atoms with van der Waals surface area (Å²) in [6.45, 7) is 1.86. The van der Waals surface area contributed by atoms with Gasteiger partial charge in [0.25, 0.3) is 10.0 Å². The van der Waals surface area contributed by atoms with Gasteiger partial charge in [0.2, 0.25) is 0 Å². The predicted octanol–water partition coefficient (Wildman–Crippen LogP) is 4.16. The third-order valence-electron chi connectivity index (χ3n) is 3.94. The Labute approximate surface area is 152 Å². The number of carboxylic acid groups (broad SMARTS) is 1. The van der Waals surface area contributed by atoms with E-state index in [2.05, 4.69) is 4.72 Å². The number of carbonyl (C=O) groups is 1. The SMILES string of the molecule is Cc1ccc(S(=O)(=O)Nc2cccc(-c3ccccc3)c2C(=O)O)cc1. The average molecular weight is 367 g/mol. The van der Waals surface area contributed by atoms with Crippen LogP contribution in [0.25, 0.3) is 11.1 Å². The van der Waals surface area contributed by atoms with Gasteiger partial charge in [-0.25, -0.2) is 13.2 Å². The topological polar surface area (TPSA) is 83.5 Å². The Morgan fingerprint density at radius 1 is 0.885 bits per heavy atom. The third kappa shape index (κ3) is 3.60. The van der Waals surface area contributed by atoms with E-state index in [1.165, 1.54) is 18.2 Å². The molecule has 3 aromatic carbocycles. The Morgan fingerprint density at radius 3 is 2.15 bits per heavy atom. The van der Waals surface area contributed by atoms with Crippen LogP contribution in [0.5, 0.6) is 0 Å². The van der Waals surface area contributed by atoms with Gasteiger partial charge in [0, 0.05) is 0 Å². The molecule has 5 nitrogen and oxygen atoms in total. The lowest BCUT2D eigenvalue weighted by molar-refractivity contribution is 0.0699. The van der Waals surface area contributed by atoms with E-state index in [-0.39, 0.29) is 16.1 Å². The first-order valence-electron chi connectivity index (χ1n) is 7.90. The summed E-state index contributed by atoms with van der Waals surface area (Å²) in [4.78, 5) is 11.9. The molecule has 0 aliphatic heterocycles. The smallest absolute Gasteiger partial charge is 0.338 e. The van der Waals surface area contributed by atoms with Gasteiger partial charge in [-0.3, -0.25) is 4.72 Å². The van der Waals surface area contributed by atoms with Gasteiger partial charge in [0.15, 0.2) is 0 Å². The van der Waals surface area contributed by atoms with Gasteiger partial charge in [0.05, 0.1) is 16.1 Å². The highest BCUT2D eigenvalue weighted by molar-refractivity contribution is 7.92. The van der Waals surface area contributed by atoms with Gasteiger partial charge < -0.3 is 5.11 Å². The van der Waals surface area contributed by atoms with E-state index in [0.29, 0.717) is 11.1 Å². The fourth-order valence-corrected chi connectivity index (χ4v) is 3.72. The molecule has 0 atom stereocenters. The van der Waals surface area contributed by atoms with E-state index in [0.717, 1.165) is 5.56 Å². The Bertz CT molecular complexity index is 1040. The molecule has 26 heavy (non-hydrogen) atoms. The molecule has 0 radical (unpaired) electrons. The van der Waals surface area contributed by atoms with E-state index in [1.807, 2.05) is 13.0 Å². The summed E-state index contributed by atoms with van der Waals surface area (Å²) in [5.41, 5.74) is 2.01. The molecule has 0 saturated heterocycles. The van der Waals surface area contributed by atoms with Crippen LogP contribution in [0.15, 0.2) is 77.7 Å². The Hall–Kier alpha value is -3.12. The maximum atomic E-state index is 12.6. The lowest BCUT2D eigenvalue weighted by Gasteiger charge is -2.14. The second-order valence-corrected chi connectivity index (χ2v) is 7.50. The highest BCUT2D eigenvalue weighted by atomic mass is 32.2. The molecule has 0 unspecified atom stereocenters. The Balaban J connectivity index is 2.08. The molecule has 6 heteroatoms. The van der Waals surface area contributed by atoms with Gasteiger partial charge in [-0.1, -0.05) is 60.2 Å². The maximum Gasteiger partial charge on any atom is 0.338 e. The molecule has 0 bridgehead atoms. The van der Waals surface area contributed by atoms with Crippen molar-refractivity contribution in [2.24, 2.45) is 0 Å². The first-order chi connectivity index (χ1) is 12.4. The molecule has 0 aliphatic rings. The van der Waals surface area contributed by atoms with Crippen LogP contribution in [-0.2, 0) is 10.0 Å². The van der Waals surface area contributed by atoms with E-state index < -0.39 is 16.0 Å². The standard InChI is InChI=1S/C20H17NO4S/c1-14-10-12-16(13-11-14)26(24,25)21-18-9-5-8-17(19(18)20(22)23)15-6-3-2-4-7-15/h2-13,21H,1H3,(H,22,23). The third-order valence-corrected chi connectivity index (χ3v) is 5.32. The molecular formula is C20H17NO4S. The zero-order valence-electron chi connectivity index (χ0n) is 14.0. The summed E-state index contributed by atoms with van der Waals surface area (Å²) >= 11 is 0. The van der Waals surface area contributed by atoms with Gasteiger partial charge >= 0.3 is 5.97 Å².